The lowest BCUT2D eigenvalue weighted by atomic mass is 9.89. The van der Waals surface area contributed by atoms with Gasteiger partial charge in [0.1, 0.15) is 28.9 Å². The minimum Gasteiger partial charge on any atom is -0.494 e. The Morgan fingerprint density at radius 3 is 2.61 bits per heavy atom. The molecule has 2 aromatic heterocycles. The van der Waals surface area contributed by atoms with Crippen molar-refractivity contribution in [3.05, 3.63) is 82.8 Å². The van der Waals surface area contributed by atoms with E-state index in [2.05, 4.69) is 20.6 Å². The van der Waals surface area contributed by atoms with Crippen molar-refractivity contribution in [2.75, 3.05) is 37.0 Å². The van der Waals surface area contributed by atoms with Crippen molar-refractivity contribution in [3.8, 4) is 11.4 Å². The number of hydrogen-bond acceptors (Lipinski definition) is 7. The van der Waals surface area contributed by atoms with E-state index in [9.17, 15) is 13.2 Å². The third kappa shape index (κ3) is 4.63. The smallest absolute Gasteiger partial charge is 0.282 e. The van der Waals surface area contributed by atoms with Crippen LogP contribution in [-0.4, -0.2) is 52.2 Å². The summed E-state index contributed by atoms with van der Waals surface area (Å²) >= 11 is 5.97. The van der Waals surface area contributed by atoms with E-state index in [0.717, 1.165) is 22.5 Å². The van der Waals surface area contributed by atoms with Gasteiger partial charge in [0.2, 0.25) is 5.95 Å². The van der Waals surface area contributed by atoms with Crippen molar-refractivity contribution in [1.29, 1.82) is 0 Å². The van der Waals surface area contributed by atoms with Crippen LogP contribution in [0.2, 0.25) is 5.15 Å². The van der Waals surface area contributed by atoms with Crippen LogP contribution >= 0.6 is 11.6 Å². The monoisotopic (exact) mass is 541 g/mol. The highest BCUT2D eigenvalue weighted by Gasteiger charge is 2.46. The number of rotatable bonds is 6. The predicted octanol–water partition coefficient (Wildman–Crippen LogP) is 4.90. The van der Waals surface area contributed by atoms with Gasteiger partial charge in [-0.3, -0.25) is 0 Å². The van der Waals surface area contributed by atoms with Crippen molar-refractivity contribution < 1.29 is 17.9 Å². The topological polar surface area (TPSA) is 80.1 Å². The molecule has 0 spiro atoms. The highest BCUT2D eigenvalue weighted by Crippen LogP contribution is 2.39. The van der Waals surface area contributed by atoms with Crippen LogP contribution in [0.3, 0.4) is 0 Å². The van der Waals surface area contributed by atoms with Crippen LogP contribution in [-0.2, 0) is 6.54 Å². The number of nitrogens with zero attached hydrogens (tertiary/aromatic N) is 5. The van der Waals surface area contributed by atoms with Crippen molar-refractivity contribution in [2.24, 2.45) is 0 Å². The maximum Gasteiger partial charge on any atom is 0.282 e. The summed E-state index contributed by atoms with van der Waals surface area (Å²) in [5, 5.41) is 6.90. The van der Waals surface area contributed by atoms with E-state index in [0.29, 0.717) is 35.5 Å². The quantitative estimate of drug-likeness (QED) is 0.359. The van der Waals surface area contributed by atoms with Crippen LogP contribution in [0.25, 0.3) is 5.69 Å². The molecule has 1 atom stereocenters. The number of methoxy groups -OCH3 is 1. The van der Waals surface area contributed by atoms with Crippen LogP contribution in [0, 0.1) is 5.82 Å². The van der Waals surface area contributed by atoms with Crippen LogP contribution in [0.4, 0.5) is 30.6 Å². The Bertz CT molecular complexity index is 1490. The Morgan fingerprint density at radius 1 is 1.13 bits per heavy atom. The Hall–Kier alpha value is -3.83. The molecule has 0 amide bonds. The normalized spacial score (nSPS) is 18.0. The number of aromatic nitrogens is 4. The second kappa shape index (κ2) is 9.48. The zero-order valence-corrected chi connectivity index (χ0v) is 21.0. The standard InChI is InChI=1S/C26H23ClF3N7O/c1-38-21-8-17(6-7-20(21)36-11-22(27)32-14-36)33-25-34-23-18(15-2-4-16(28)5-3-15)9-31-10-19(23)24(35-25)37-12-26(29,30)13-37/h2-8,11,14,18,31H,9-10,12-13H2,1H3,(H,33,34,35). The molecular formula is C26H23ClF3N7O. The molecule has 4 aromatic rings. The molecule has 2 N–H and O–H groups in total. The Kier molecular flexibility index (Phi) is 6.11. The van der Waals surface area contributed by atoms with E-state index < -0.39 is 19.0 Å². The van der Waals surface area contributed by atoms with E-state index in [-0.39, 0.29) is 17.7 Å². The lowest BCUT2D eigenvalue weighted by Gasteiger charge is -2.41. The maximum atomic E-state index is 13.8. The molecule has 6 rings (SSSR count). The molecule has 0 bridgehead atoms. The van der Waals surface area contributed by atoms with E-state index in [1.165, 1.54) is 12.1 Å². The first-order valence-electron chi connectivity index (χ1n) is 11.9. The van der Waals surface area contributed by atoms with E-state index in [1.807, 2.05) is 12.1 Å². The number of benzene rings is 2. The van der Waals surface area contributed by atoms with Gasteiger partial charge in [-0.25, -0.2) is 23.1 Å². The molecule has 38 heavy (non-hydrogen) atoms. The van der Waals surface area contributed by atoms with Crippen LogP contribution < -0.4 is 20.3 Å². The first kappa shape index (κ1) is 24.5. The number of anilines is 3. The number of imidazole rings is 1. The van der Waals surface area contributed by atoms with E-state index in [4.69, 9.17) is 21.3 Å². The molecule has 8 nitrogen and oxygen atoms in total. The zero-order valence-electron chi connectivity index (χ0n) is 20.3. The molecule has 0 saturated carbocycles. The van der Waals surface area contributed by atoms with Crippen LogP contribution in [0.5, 0.6) is 5.75 Å². The third-order valence-electron chi connectivity index (χ3n) is 6.68. The van der Waals surface area contributed by atoms with E-state index in [1.54, 1.807) is 47.3 Å². The fourth-order valence-electron chi connectivity index (χ4n) is 4.86. The largest absolute Gasteiger partial charge is 0.494 e. The summed E-state index contributed by atoms with van der Waals surface area (Å²) in [6, 6.07) is 11.7. The molecule has 0 aliphatic carbocycles. The summed E-state index contributed by atoms with van der Waals surface area (Å²) in [5.41, 5.74) is 3.72. The average Bonchev–Trinajstić information content (AvgIpc) is 3.33. The van der Waals surface area contributed by atoms with Gasteiger partial charge < -0.3 is 24.8 Å². The number of nitrogens with one attached hydrogen (secondary N) is 2. The molecule has 2 aliphatic rings. The van der Waals surface area contributed by atoms with Gasteiger partial charge in [0.15, 0.2) is 0 Å². The van der Waals surface area contributed by atoms with Crippen molar-refractivity contribution >= 4 is 29.1 Å². The number of fused-ring (bicyclic) bond motifs is 1. The molecule has 1 saturated heterocycles. The number of hydrogen-bond donors (Lipinski definition) is 2. The molecule has 12 heteroatoms. The Morgan fingerprint density at radius 2 is 1.92 bits per heavy atom. The summed E-state index contributed by atoms with van der Waals surface area (Å²) in [6.45, 7) is 0.196. The molecule has 1 unspecified atom stereocenters. The predicted molar refractivity (Wildman–Crippen MR) is 138 cm³/mol. The van der Waals surface area contributed by atoms with E-state index >= 15 is 0 Å². The molecule has 0 radical (unpaired) electrons. The van der Waals surface area contributed by atoms with Crippen molar-refractivity contribution in [3.63, 3.8) is 0 Å². The van der Waals surface area contributed by atoms with Gasteiger partial charge in [0.05, 0.1) is 31.6 Å². The van der Waals surface area contributed by atoms with Crippen molar-refractivity contribution in [1.82, 2.24) is 24.8 Å². The zero-order chi connectivity index (χ0) is 26.4. The summed E-state index contributed by atoms with van der Waals surface area (Å²) in [6.07, 6.45) is 3.25. The number of ether oxygens (including phenoxy) is 1. The second-order valence-corrected chi connectivity index (χ2v) is 9.68. The van der Waals surface area contributed by atoms with Crippen LogP contribution in [0.15, 0.2) is 55.0 Å². The first-order chi connectivity index (χ1) is 18.3. The van der Waals surface area contributed by atoms with Gasteiger partial charge >= 0.3 is 0 Å². The Balaban J connectivity index is 1.39. The third-order valence-corrected chi connectivity index (χ3v) is 6.87. The molecule has 196 valence electrons. The molecule has 2 aromatic carbocycles. The molecular weight excluding hydrogens is 519 g/mol. The second-order valence-electron chi connectivity index (χ2n) is 9.30. The summed E-state index contributed by atoms with van der Waals surface area (Å²) < 4.78 is 48.5. The minimum atomic E-state index is -2.76. The Labute approximate surface area is 221 Å². The highest BCUT2D eigenvalue weighted by molar-refractivity contribution is 6.29. The van der Waals surface area contributed by atoms with Gasteiger partial charge in [0.25, 0.3) is 5.92 Å². The lowest BCUT2D eigenvalue weighted by molar-refractivity contribution is -0.0268. The lowest BCUT2D eigenvalue weighted by Crippen LogP contribution is -2.57. The first-order valence-corrected chi connectivity index (χ1v) is 12.3. The summed E-state index contributed by atoms with van der Waals surface area (Å²) in [4.78, 5) is 15.1. The minimum absolute atomic E-state index is 0.202. The van der Waals surface area contributed by atoms with Gasteiger partial charge in [-0.1, -0.05) is 23.7 Å². The SMILES string of the molecule is COc1cc(Nc2nc3c(c(N4CC(F)(F)C4)n2)CNCC3c2ccc(F)cc2)ccc1-n1cnc(Cl)c1. The summed E-state index contributed by atoms with van der Waals surface area (Å²) in [5.74, 6) is -2.02. The number of halogens is 4. The fraction of sp³-hybridized carbons (Fsp3) is 0.269. The van der Waals surface area contributed by atoms with Gasteiger partial charge in [0, 0.05) is 42.5 Å². The molecule has 4 heterocycles. The van der Waals surface area contributed by atoms with Crippen LogP contribution in [0.1, 0.15) is 22.7 Å². The number of alkyl halides is 2. The van der Waals surface area contributed by atoms with Crippen molar-refractivity contribution in [2.45, 2.75) is 18.4 Å². The maximum absolute atomic E-state index is 13.8. The van der Waals surface area contributed by atoms with Gasteiger partial charge in [-0.05, 0) is 29.8 Å². The van der Waals surface area contributed by atoms with Gasteiger partial charge in [-0.15, -0.1) is 0 Å². The molecule has 2 aliphatic heterocycles. The summed E-state index contributed by atoms with van der Waals surface area (Å²) in [7, 11) is 1.55. The fourth-order valence-corrected chi connectivity index (χ4v) is 5.01. The highest BCUT2D eigenvalue weighted by atomic mass is 35.5. The molecule has 1 fully saturated rings. The average molecular weight is 542 g/mol. The van der Waals surface area contributed by atoms with Gasteiger partial charge in [-0.2, -0.15) is 4.98 Å².